The Bertz CT molecular complexity index is 118. The third kappa shape index (κ3) is 19.0. The van der Waals surface area contributed by atoms with Crippen LogP contribution in [-0.2, 0) is 4.57 Å². The van der Waals surface area contributed by atoms with E-state index in [9.17, 15) is 14.4 Å². The zero-order valence-corrected chi connectivity index (χ0v) is 12.5. The number of unbranched alkanes of at least 4 members (excludes halogenated alkanes) is 1. The van der Waals surface area contributed by atoms with E-state index in [1.807, 2.05) is 0 Å². The van der Waals surface area contributed by atoms with Crippen molar-refractivity contribution in [2.75, 3.05) is 12.0 Å². The minimum Gasteiger partial charge on any atom is -0.811 e. The van der Waals surface area contributed by atoms with E-state index in [0.717, 1.165) is 0 Å². The van der Waals surface area contributed by atoms with Gasteiger partial charge >= 0.3 is 59.1 Å². The number of alkyl halides is 1. The van der Waals surface area contributed by atoms with Gasteiger partial charge in [0.25, 0.3) is 0 Å². The molecule has 0 aromatic rings. The summed E-state index contributed by atoms with van der Waals surface area (Å²) in [4.78, 5) is 19.9. The van der Waals surface area contributed by atoms with Gasteiger partial charge in [-0.3, -0.25) is 0 Å². The van der Waals surface area contributed by atoms with Gasteiger partial charge in [0, 0.05) is 5.88 Å². The molecule has 0 bridgehead atoms. The smallest absolute Gasteiger partial charge is 0.811 e. The molecule has 0 heterocycles. The van der Waals surface area contributed by atoms with Gasteiger partial charge in [-0.05, 0) is 19.0 Å². The second kappa shape index (κ2) is 10.5. The first kappa shape index (κ1) is 19.1. The zero-order valence-electron chi connectivity index (χ0n) is 6.88. The van der Waals surface area contributed by atoms with Crippen molar-refractivity contribution >= 4 is 19.2 Å². The van der Waals surface area contributed by atoms with E-state index >= 15 is 0 Å². The first-order valence-electron chi connectivity index (χ1n) is 2.63. The maximum absolute atomic E-state index is 9.94. The first-order valence-corrected chi connectivity index (χ1v) is 4.89. The van der Waals surface area contributed by atoms with Gasteiger partial charge in [0.05, 0.1) is 0 Å². The number of rotatable bonds is 4. The van der Waals surface area contributed by atoms with Crippen LogP contribution in [0.1, 0.15) is 12.8 Å². The second-order valence-corrected chi connectivity index (χ2v) is 3.78. The molecule has 0 rings (SSSR count). The van der Waals surface area contributed by atoms with E-state index in [-0.39, 0.29) is 65.3 Å². The number of halogens is 1. The van der Waals surface area contributed by atoms with Crippen LogP contribution in [0.15, 0.2) is 0 Å². The molecule has 0 aliphatic carbocycles. The third-order valence-corrected chi connectivity index (χ3v) is 1.95. The minimum atomic E-state index is -4.25. The van der Waals surface area contributed by atoms with Gasteiger partial charge in [-0.15, -0.1) is 11.6 Å². The summed E-state index contributed by atoms with van der Waals surface area (Å²) in [5, 5.41) is 0. The number of hydrogen-bond acceptors (Lipinski definition) is 3. The summed E-state index contributed by atoms with van der Waals surface area (Å²) in [6, 6.07) is 0. The van der Waals surface area contributed by atoms with E-state index in [4.69, 9.17) is 11.6 Å². The van der Waals surface area contributed by atoms with Gasteiger partial charge in [0.15, 0.2) is 0 Å². The largest absolute Gasteiger partial charge is 1.00 e. The van der Waals surface area contributed by atoms with E-state index < -0.39 is 7.60 Å². The van der Waals surface area contributed by atoms with Crippen molar-refractivity contribution in [3.63, 3.8) is 0 Å². The molecule has 0 aromatic carbocycles. The van der Waals surface area contributed by atoms with Gasteiger partial charge in [0.2, 0.25) is 0 Å². The van der Waals surface area contributed by atoms with Crippen LogP contribution in [0.4, 0.5) is 0 Å². The Balaban J connectivity index is -0.000000320. The molecular formula is C4H8ClNa2O3P. The topological polar surface area (TPSA) is 63.2 Å². The Morgan fingerprint density at radius 3 is 1.91 bits per heavy atom. The average molecular weight is 217 g/mol. The van der Waals surface area contributed by atoms with Crippen LogP contribution >= 0.6 is 19.2 Å². The first-order chi connectivity index (χ1) is 4.06. The van der Waals surface area contributed by atoms with Crippen LogP contribution in [0.3, 0.4) is 0 Å². The van der Waals surface area contributed by atoms with Crippen molar-refractivity contribution in [2.24, 2.45) is 0 Å². The molecule has 0 saturated heterocycles. The second-order valence-electron chi connectivity index (χ2n) is 1.73. The molecule has 0 amide bonds. The molecule has 0 spiro atoms. The van der Waals surface area contributed by atoms with Gasteiger partial charge in [-0.2, -0.15) is 0 Å². The quantitative estimate of drug-likeness (QED) is 0.203. The van der Waals surface area contributed by atoms with E-state index in [1.54, 1.807) is 0 Å². The molecule has 0 saturated carbocycles. The predicted molar refractivity (Wildman–Crippen MR) is 32.4 cm³/mol. The van der Waals surface area contributed by atoms with Gasteiger partial charge in [-0.25, -0.2) is 0 Å². The molecule has 0 aliphatic heterocycles. The fraction of sp³-hybridized carbons (Fsp3) is 1.00. The fourth-order valence-electron chi connectivity index (χ4n) is 0.400. The van der Waals surface area contributed by atoms with Crippen LogP contribution in [-0.4, -0.2) is 12.0 Å². The molecule has 0 aromatic heterocycles. The van der Waals surface area contributed by atoms with Crippen molar-refractivity contribution in [1.29, 1.82) is 0 Å². The molecule has 0 N–H and O–H groups in total. The average Bonchev–Trinajstić information content (AvgIpc) is 1.63. The van der Waals surface area contributed by atoms with Crippen LogP contribution < -0.4 is 68.9 Å². The van der Waals surface area contributed by atoms with Crippen molar-refractivity contribution in [3.05, 3.63) is 0 Å². The summed E-state index contributed by atoms with van der Waals surface area (Å²) < 4.78 is 9.94. The summed E-state index contributed by atoms with van der Waals surface area (Å²) in [5.74, 6) is 0.417. The molecule has 0 unspecified atom stereocenters. The van der Waals surface area contributed by atoms with Crippen LogP contribution in [0, 0.1) is 0 Å². The molecule has 0 radical (unpaired) electrons. The molecule has 3 nitrogen and oxygen atoms in total. The maximum Gasteiger partial charge on any atom is 1.00 e. The zero-order chi connectivity index (χ0) is 7.33. The van der Waals surface area contributed by atoms with E-state index in [1.165, 1.54) is 0 Å². The van der Waals surface area contributed by atoms with E-state index in [2.05, 4.69) is 0 Å². The monoisotopic (exact) mass is 216 g/mol. The van der Waals surface area contributed by atoms with Crippen LogP contribution in [0.5, 0.6) is 0 Å². The molecule has 0 fully saturated rings. The third-order valence-electron chi connectivity index (χ3n) is 0.816. The van der Waals surface area contributed by atoms with Crippen LogP contribution in [0.25, 0.3) is 0 Å². The van der Waals surface area contributed by atoms with Crippen LogP contribution in [0.2, 0.25) is 0 Å². The van der Waals surface area contributed by atoms with Gasteiger partial charge in [-0.1, -0.05) is 7.60 Å². The Labute approximate surface area is 116 Å². The summed E-state index contributed by atoms with van der Waals surface area (Å²) in [7, 11) is -4.25. The minimum absolute atomic E-state index is 0. The van der Waals surface area contributed by atoms with Crippen molar-refractivity contribution in [3.8, 4) is 0 Å². The standard InChI is InChI=1S/C4H10ClO3P.2Na/c5-3-1-2-4-9(6,7)8;;/h1-4H2,(H2,6,7,8);;/q;2*+1/p-2. The van der Waals surface area contributed by atoms with E-state index in [0.29, 0.717) is 18.7 Å². The summed E-state index contributed by atoms with van der Waals surface area (Å²) in [5.41, 5.74) is 0. The van der Waals surface area contributed by atoms with Crippen molar-refractivity contribution in [2.45, 2.75) is 12.8 Å². The summed E-state index contributed by atoms with van der Waals surface area (Å²) in [6.07, 6.45) is 0.712. The van der Waals surface area contributed by atoms with Gasteiger partial charge < -0.3 is 14.4 Å². The van der Waals surface area contributed by atoms with Crippen molar-refractivity contribution in [1.82, 2.24) is 0 Å². The molecule has 56 valence electrons. The normalized spacial score (nSPS) is 9.73. The summed E-state index contributed by atoms with van der Waals surface area (Å²) in [6.45, 7) is 0. The molecule has 0 atom stereocenters. The number of hydrogen-bond donors (Lipinski definition) is 0. The Hall–Kier alpha value is 2.44. The fourth-order valence-corrected chi connectivity index (χ4v) is 1.20. The maximum atomic E-state index is 9.94. The Morgan fingerprint density at radius 2 is 1.64 bits per heavy atom. The molecule has 11 heavy (non-hydrogen) atoms. The Kier molecular flexibility index (Phi) is 18.3. The molecule has 0 aliphatic rings. The molecule has 7 heteroatoms. The predicted octanol–water partition coefficient (Wildman–Crippen LogP) is -6.07. The summed E-state index contributed by atoms with van der Waals surface area (Å²) >= 11 is 5.24. The molecular weight excluding hydrogens is 208 g/mol. The van der Waals surface area contributed by atoms with Crippen molar-refractivity contribution < 1.29 is 73.5 Å². The SMILES string of the molecule is O=P([O-])([O-])CCCCCl.[Na+].[Na+]. The Morgan fingerprint density at radius 1 is 1.18 bits per heavy atom. The van der Waals surface area contributed by atoms with Gasteiger partial charge in [0.1, 0.15) is 0 Å².